The van der Waals surface area contributed by atoms with E-state index < -0.39 is 0 Å². The summed E-state index contributed by atoms with van der Waals surface area (Å²) in [4.78, 5) is 17.2. The first-order valence-electron chi connectivity index (χ1n) is 10.7. The number of aromatic nitrogens is 2. The number of fused-ring (bicyclic) bond motifs is 1. The molecule has 170 valence electrons. The highest BCUT2D eigenvalue weighted by atomic mass is 35.5. The van der Waals surface area contributed by atoms with Gasteiger partial charge in [-0.15, -0.1) is 0 Å². The molecule has 1 aromatic heterocycles. The van der Waals surface area contributed by atoms with Crippen LogP contribution in [0.15, 0.2) is 60.7 Å². The van der Waals surface area contributed by atoms with Gasteiger partial charge in [0.15, 0.2) is 0 Å². The third-order valence-electron chi connectivity index (χ3n) is 5.29. The van der Waals surface area contributed by atoms with Crippen LogP contribution in [0.3, 0.4) is 0 Å². The number of nitrogens with zero attached hydrogens (tertiary/aromatic N) is 2. The van der Waals surface area contributed by atoms with Crippen molar-refractivity contribution in [2.45, 2.75) is 13.5 Å². The molecule has 0 atom stereocenters. The van der Waals surface area contributed by atoms with Crippen molar-refractivity contribution in [1.29, 1.82) is 0 Å². The van der Waals surface area contributed by atoms with E-state index >= 15 is 0 Å². The van der Waals surface area contributed by atoms with Crippen LogP contribution in [-0.2, 0) is 6.54 Å². The molecule has 4 rings (SSSR count). The highest BCUT2D eigenvalue weighted by Crippen LogP contribution is 2.32. The minimum absolute atomic E-state index is 0.104. The molecule has 0 aliphatic heterocycles. The lowest BCUT2D eigenvalue weighted by molar-refractivity contribution is 0.0954. The first-order chi connectivity index (χ1) is 16.0. The molecule has 0 bridgehead atoms. The van der Waals surface area contributed by atoms with Gasteiger partial charge in [-0.25, -0.2) is 4.98 Å². The van der Waals surface area contributed by atoms with Gasteiger partial charge in [0.05, 0.1) is 21.1 Å². The van der Waals surface area contributed by atoms with Gasteiger partial charge < -0.3 is 15.2 Å². The van der Waals surface area contributed by atoms with Gasteiger partial charge in [0.2, 0.25) is 0 Å². The van der Waals surface area contributed by atoms with E-state index in [1.165, 1.54) is 0 Å². The molecule has 0 fully saturated rings. The number of imidazole rings is 1. The Labute approximate surface area is 207 Å². The second-order valence-electron chi connectivity index (χ2n) is 7.59. The maximum absolute atomic E-state index is 12.4. The van der Waals surface area contributed by atoms with Gasteiger partial charge in [-0.1, -0.05) is 66.0 Å². The number of nitrogens with one attached hydrogen (secondary N) is 2. The number of likely N-dealkylation sites (N-methyl/N-ethyl adjacent to an activating group) is 1. The number of carbonyl (C=O) groups excluding carboxylic acids is 1. The van der Waals surface area contributed by atoms with Crippen molar-refractivity contribution in [1.82, 2.24) is 20.2 Å². The third-order valence-corrected chi connectivity index (χ3v) is 6.26. The van der Waals surface area contributed by atoms with Gasteiger partial charge in [-0.3, -0.25) is 4.79 Å². The Kier molecular flexibility index (Phi) is 7.56. The third kappa shape index (κ3) is 5.50. The van der Waals surface area contributed by atoms with Crippen molar-refractivity contribution < 1.29 is 4.79 Å². The van der Waals surface area contributed by atoms with E-state index in [1.807, 2.05) is 61.5 Å². The number of hydrogen-bond acceptors (Lipinski definition) is 3. The zero-order valence-corrected chi connectivity index (χ0v) is 20.3. The molecule has 5 nitrogen and oxygen atoms in total. The molecule has 1 amide bonds. The maximum Gasteiger partial charge on any atom is 0.251 e. The second-order valence-corrected chi connectivity index (χ2v) is 8.84. The monoisotopic (exact) mass is 500 g/mol. The van der Waals surface area contributed by atoms with E-state index in [0.29, 0.717) is 33.7 Å². The highest BCUT2D eigenvalue weighted by Gasteiger charge is 2.16. The predicted molar refractivity (Wildman–Crippen MR) is 137 cm³/mol. The molecular weight excluding hydrogens is 479 g/mol. The Morgan fingerprint density at radius 2 is 1.64 bits per heavy atom. The summed E-state index contributed by atoms with van der Waals surface area (Å²) >= 11 is 18.6. The van der Waals surface area contributed by atoms with E-state index in [2.05, 4.69) is 15.2 Å². The van der Waals surface area contributed by atoms with E-state index in [0.717, 1.165) is 41.1 Å². The topological polar surface area (TPSA) is 58.9 Å². The molecule has 1 heterocycles. The molecule has 2 N–H and O–H groups in total. The van der Waals surface area contributed by atoms with Gasteiger partial charge in [-0.2, -0.15) is 0 Å². The molecule has 0 unspecified atom stereocenters. The molecule has 0 aliphatic carbocycles. The summed E-state index contributed by atoms with van der Waals surface area (Å²) in [5.74, 6) is 0.657. The molecule has 8 heteroatoms. The van der Waals surface area contributed by atoms with E-state index in [9.17, 15) is 4.79 Å². The second kappa shape index (κ2) is 10.6. The Hall–Kier alpha value is -2.57. The molecular formula is C25H23Cl3N4O. The molecule has 0 aliphatic rings. The van der Waals surface area contributed by atoms with Crippen LogP contribution in [-0.4, -0.2) is 35.1 Å². The summed E-state index contributed by atoms with van der Waals surface area (Å²) in [6.45, 7) is 4.79. The smallest absolute Gasteiger partial charge is 0.251 e. The number of benzene rings is 3. The molecule has 33 heavy (non-hydrogen) atoms. The number of halogens is 3. The summed E-state index contributed by atoms with van der Waals surface area (Å²) < 4.78 is 2.09. The Balaban J connectivity index is 1.67. The molecule has 0 spiro atoms. The SMILES string of the molecule is CCNCCNC(=O)c1ccc(-c2nc3cc(Cl)c(Cl)cc3n2Cc2ccc(Cl)cc2)cc1. The standard InChI is InChI=1S/C25H23Cl3N4O/c1-2-29-11-12-30-25(33)18-7-5-17(6-8-18)24-31-22-13-20(27)21(28)14-23(22)32(24)15-16-3-9-19(26)10-4-16/h3-10,13-14,29H,2,11-12,15H2,1H3,(H,30,33). The summed E-state index contributed by atoms with van der Waals surface area (Å²) in [6.07, 6.45) is 0. The van der Waals surface area contributed by atoms with Crippen LogP contribution in [0.2, 0.25) is 15.1 Å². The van der Waals surface area contributed by atoms with Crippen LogP contribution in [0, 0.1) is 0 Å². The van der Waals surface area contributed by atoms with Crippen LogP contribution in [0.5, 0.6) is 0 Å². The Morgan fingerprint density at radius 3 is 2.33 bits per heavy atom. The normalized spacial score (nSPS) is 11.2. The molecule has 0 saturated carbocycles. The zero-order valence-electron chi connectivity index (χ0n) is 18.0. The van der Waals surface area contributed by atoms with Crippen LogP contribution >= 0.6 is 34.8 Å². The quantitative estimate of drug-likeness (QED) is 0.289. The van der Waals surface area contributed by atoms with Crippen molar-refractivity contribution in [3.63, 3.8) is 0 Å². The number of hydrogen-bond donors (Lipinski definition) is 2. The summed E-state index contributed by atoms with van der Waals surface area (Å²) in [5.41, 5.74) is 4.18. The van der Waals surface area contributed by atoms with Gasteiger partial charge in [0.1, 0.15) is 5.82 Å². The van der Waals surface area contributed by atoms with E-state index in [1.54, 1.807) is 6.07 Å². The summed E-state index contributed by atoms with van der Waals surface area (Å²) in [5, 5.41) is 7.71. The lowest BCUT2D eigenvalue weighted by Gasteiger charge is -2.11. The Morgan fingerprint density at radius 1 is 0.939 bits per heavy atom. The average molecular weight is 502 g/mol. The van der Waals surface area contributed by atoms with Crippen molar-refractivity contribution in [2.24, 2.45) is 0 Å². The lowest BCUT2D eigenvalue weighted by Crippen LogP contribution is -2.31. The van der Waals surface area contributed by atoms with E-state index in [4.69, 9.17) is 39.8 Å². The number of carbonyl (C=O) groups is 1. The lowest BCUT2D eigenvalue weighted by atomic mass is 10.1. The summed E-state index contributed by atoms with van der Waals surface area (Å²) in [7, 11) is 0. The molecule has 0 radical (unpaired) electrons. The van der Waals surface area contributed by atoms with Gasteiger partial charge >= 0.3 is 0 Å². The van der Waals surface area contributed by atoms with E-state index in [-0.39, 0.29) is 5.91 Å². The highest BCUT2D eigenvalue weighted by molar-refractivity contribution is 6.42. The fourth-order valence-electron chi connectivity index (χ4n) is 3.59. The van der Waals surface area contributed by atoms with Crippen LogP contribution < -0.4 is 10.6 Å². The number of amides is 1. The predicted octanol–water partition coefficient (Wildman–Crippen LogP) is 6.05. The van der Waals surface area contributed by atoms with Crippen molar-refractivity contribution >= 4 is 51.7 Å². The summed E-state index contributed by atoms with van der Waals surface area (Å²) in [6, 6.07) is 18.7. The maximum atomic E-state index is 12.4. The fourth-order valence-corrected chi connectivity index (χ4v) is 4.03. The van der Waals surface area contributed by atoms with Crippen LogP contribution in [0.4, 0.5) is 0 Å². The fraction of sp³-hybridized carbons (Fsp3) is 0.200. The first kappa shape index (κ1) is 23.6. The van der Waals surface area contributed by atoms with Crippen molar-refractivity contribution in [3.8, 4) is 11.4 Å². The van der Waals surface area contributed by atoms with Crippen LogP contribution in [0.25, 0.3) is 22.4 Å². The first-order valence-corrected chi connectivity index (χ1v) is 11.8. The Bertz CT molecular complexity index is 1270. The van der Waals surface area contributed by atoms with Gasteiger partial charge in [-0.05, 0) is 48.5 Å². The molecule has 3 aromatic carbocycles. The van der Waals surface area contributed by atoms with Crippen molar-refractivity contribution in [3.05, 3.63) is 86.9 Å². The minimum Gasteiger partial charge on any atom is -0.351 e. The molecule has 4 aromatic rings. The average Bonchev–Trinajstić information content (AvgIpc) is 3.15. The molecule has 0 saturated heterocycles. The number of rotatable bonds is 8. The largest absolute Gasteiger partial charge is 0.351 e. The van der Waals surface area contributed by atoms with Gasteiger partial charge in [0, 0.05) is 35.8 Å². The van der Waals surface area contributed by atoms with Crippen LogP contribution in [0.1, 0.15) is 22.8 Å². The van der Waals surface area contributed by atoms with Crippen molar-refractivity contribution in [2.75, 3.05) is 19.6 Å². The zero-order chi connectivity index (χ0) is 23.4. The van der Waals surface area contributed by atoms with Gasteiger partial charge in [0.25, 0.3) is 5.91 Å². The minimum atomic E-state index is -0.104.